The first-order valence-electron chi connectivity index (χ1n) is 5.06. The van der Waals surface area contributed by atoms with Crippen LogP contribution in [-0.2, 0) is 5.67 Å². The molecule has 0 bridgehead atoms. The van der Waals surface area contributed by atoms with Crippen molar-refractivity contribution >= 4 is 6.09 Å². The van der Waals surface area contributed by atoms with Gasteiger partial charge in [-0.3, -0.25) is 0 Å². The second-order valence-corrected chi connectivity index (χ2v) is 3.81. The first-order chi connectivity index (χ1) is 7.62. The lowest BCUT2D eigenvalue weighted by Gasteiger charge is -2.33. The van der Waals surface area contributed by atoms with Crippen LogP contribution in [-0.4, -0.2) is 39.2 Å². The highest BCUT2D eigenvalue weighted by molar-refractivity contribution is 5.65. The minimum absolute atomic E-state index is 0.114. The van der Waals surface area contributed by atoms with E-state index in [1.54, 1.807) is 6.07 Å². The lowest BCUT2D eigenvalue weighted by molar-refractivity contribution is 0.0486. The number of carbonyl (C=O) groups is 1. The molecule has 6 heteroatoms. The fourth-order valence-electron chi connectivity index (χ4n) is 1.81. The van der Waals surface area contributed by atoms with Gasteiger partial charge in [-0.1, -0.05) is 0 Å². The van der Waals surface area contributed by atoms with Crippen LogP contribution in [0.1, 0.15) is 18.7 Å². The van der Waals surface area contributed by atoms with Gasteiger partial charge in [-0.25, -0.2) is 19.2 Å². The van der Waals surface area contributed by atoms with Crippen LogP contribution < -0.4 is 0 Å². The average molecular weight is 225 g/mol. The van der Waals surface area contributed by atoms with Gasteiger partial charge in [-0.15, -0.1) is 0 Å². The molecule has 16 heavy (non-hydrogen) atoms. The van der Waals surface area contributed by atoms with Gasteiger partial charge in [0.25, 0.3) is 0 Å². The van der Waals surface area contributed by atoms with Crippen molar-refractivity contribution in [3.8, 4) is 0 Å². The number of rotatable bonds is 1. The Morgan fingerprint density at radius 2 is 1.94 bits per heavy atom. The van der Waals surface area contributed by atoms with Crippen LogP contribution in [0.4, 0.5) is 9.18 Å². The minimum Gasteiger partial charge on any atom is -0.465 e. The number of halogens is 1. The van der Waals surface area contributed by atoms with Crippen LogP contribution in [0.2, 0.25) is 0 Å². The quantitative estimate of drug-likeness (QED) is 0.784. The van der Waals surface area contributed by atoms with E-state index in [9.17, 15) is 9.18 Å². The molecule has 0 atom stereocenters. The van der Waals surface area contributed by atoms with Crippen LogP contribution in [0.3, 0.4) is 0 Å². The smallest absolute Gasteiger partial charge is 0.407 e. The molecule has 1 aromatic heterocycles. The maximum absolute atomic E-state index is 14.4. The molecule has 0 aliphatic carbocycles. The zero-order chi connectivity index (χ0) is 11.6. The van der Waals surface area contributed by atoms with Crippen LogP contribution in [0, 0.1) is 0 Å². The Kier molecular flexibility index (Phi) is 2.72. The maximum Gasteiger partial charge on any atom is 0.407 e. The van der Waals surface area contributed by atoms with E-state index in [0.717, 1.165) is 0 Å². The van der Waals surface area contributed by atoms with E-state index in [2.05, 4.69) is 9.97 Å². The third-order valence-electron chi connectivity index (χ3n) is 2.79. The molecule has 0 aromatic carbocycles. The van der Waals surface area contributed by atoms with Gasteiger partial charge >= 0.3 is 6.09 Å². The van der Waals surface area contributed by atoms with Gasteiger partial charge < -0.3 is 10.0 Å². The molecule has 0 spiro atoms. The number of alkyl halides is 1. The van der Waals surface area contributed by atoms with Gasteiger partial charge in [-0.2, -0.15) is 0 Å². The molecule has 0 saturated carbocycles. The van der Waals surface area contributed by atoms with E-state index in [1.807, 2.05) is 0 Å². The van der Waals surface area contributed by atoms with E-state index in [4.69, 9.17) is 5.11 Å². The van der Waals surface area contributed by atoms with Crippen LogP contribution >= 0.6 is 0 Å². The van der Waals surface area contributed by atoms with Gasteiger partial charge in [0.1, 0.15) is 0 Å². The van der Waals surface area contributed by atoms with Gasteiger partial charge in [0, 0.05) is 38.3 Å². The lowest BCUT2D eigenvalue weighted by atomic mass is 9.92. The van der Waals surface area contributed by atoms with E-state index in [0.29, 0.717) is 0 Å². The normalized spacial score (nSPS) is 19.4. The minimum atomic E-state index is -1.59. The highest BCUT2D eigenvalue weighted by Crippen LogP contribution is 2.34. The first kappa shape index (κ1) is 10.8. The summed E-state index contributed by atoms with van der Waals surface area (Å²) in [5.41, 5.74) is -1.59. The van der Waals surface area contributed by atoms with Crippen molar-refractivity contribution in [1.82, 2.24) is 14.9 Å². The molecule has 2 heterocycles. The topological polar surface area (TPSA) is 66.3 Å². The van der Waals surface area contributed by atoms with Crippen molar-refractivity contribution in [3.05, 3.63) is 24.3 Å². The highest BCUT2D eigenvalue weighted by Gasteiger charge is 2.39. The molecule has 1 N–H and O–H groups in total. The molecule has 1 aliphatic heterocycles. The van der Waals surface area contributed by atoms with Crippen LogP contribution in [0.15, 0.2) is 18.5 Å². The van der Waals surface area contributed by atoms with Crippen molar-refractivity contribution in [1.29, 1.82) is 0 Å². The Labute approximate surface area is 91.9 Å². The molecule has 5 nitrogen and oxygen atoms in total. The maximum atomic E-state index is 14.4. The Hall–Kier alpha value is -1.72. The number of hydrogen-bond acceptors (Lipinski definition) is 3. The van der Waals surface area contributed by atoms with E-state index in [-0.39, 0.29) is 31.8 Å². The van der Waals surface area contributed by atoms with Crippen LogP contribution in [0.5, 0.6) is 0 Å². The van der Waals surface area contributed by atoms with E-state index < -0.39 is 11.8 Å². The number of carboxylic acid groups (broad SMARTS) is 1. The summed E-state index contributed by atoms with van der Waals surface area (Å²) < 4.78 is 14.4. The molecule has 0 radical (unpaired) electrons. The largest absolute Gasteiger partial charge is 0.465 e. The van der Waals surface area contributed by atoms with Crippen molar-refractivity contribution in [3.63, 3.8) is 0 Å². The predicted molar refractivity (Wildman–Crippen MR) is 53.6 cm³/mol. The summed E-state index contributed by atoms with van der Waals surface area (Å²) in [7, 11) is 0. The third-order valence-corrected chi connectivity index (χ3v) is 2.79. The van der Waals surface area contributed by atoms with Gasteiger partial charge in [0.2, 0.25) is 0 Å². The summed E-state index contributed by atoms with van der Waals surface area (Å²) in [4.78, 5) is 19.7. The van der Waals surface area contributed by atoms with Gasteiger partial charge in [0.05, 0.1) is 0 Å². The van der Waals surface area contributed by atoms with Gasteiger partial charge in [0.15, 0.2) is 11.5 Å². The molecular weight excluding hydrogens is 213 g/mol. The number of aromatic nitrogens is 2. The summed E-state index contributed by atoms with van der Waals surface area (Å²) in [6.45, 7) is 0.369. The summed E-state index contributed by atoms with van der Waals surface area (Å²) in [5, 5.41) is 8.75. The number of likely N-dealkylation sites (tertiary alicyclic amines) is 1. The van der Waals surface area contributed by atoms with Crippen LogP contribution in [0.25, 0.3) is 0 Å². The number of piperidine rings is 1. The SMILES string of the molecule is O=C(O)N1CCC(F)(c2ncccn2)CC1. The molecule has 0 unspecified atom stereocenters. The summed E-state index contributed by atoms with van der Waals surface area (Å²) in [6, 6.07) is 1.62. The van der Waals surface area contributed by atoms with Crippen molar-refractivity contribution in [2.45, 2.75) is 18.5 Å². The van der Waals surface area contributed by atoms with Crippen molar-refractivity contribution < 1.29 is 14.3 Å². The zero-order valence-corrected chi connectivity index (χ0v) is 8.64. The Morgan fingerprint density at radius 1 is 1.38 bits per heavy atom. The summed E-state index contributed by atoms with van der Waals surface area (Å²) >= 11 is 0. The second kappa shape index (κ2) is 4.03. The molecule has 1 amide bonds. The number of hydrogen-bond donors (Lipinski definition) is 1. The molecule has 1 fully saturated rings. The third kappa shape index (κ3) is 1.95. The van der Waals surface area contributed by atoms with E-state index >= 15 is 0 Å². The standard InChI is InChI=1S/C10H12FN3O2/c11-10(8-12-4-1-5-13-8)2-6-14(7-3-10)9(15)16/h1,4-5H,2-3,6-7H2,(H,15,16). The van der Waals surface area contributed by atoms with Gasteiger partial charge in [-0.05, 0) is 6.07 Å². The zero-order valence-electron chi connectivity index (χ0n) is 8.64. The monoisotopic (exact) mass is 225 g/mol. The summed E-state index contributed by atoms with van der Waals surface area (Å²) in [6.07, 6.45) is 2.21. The second-order valence-electron chi connectivity index (χ2n) is 3.81. The molecule has 86 valence electrons. The lowest BCUT2D eigenvalue weighted by Crippen LogP contribution is -2.43. The molecule has 2 rings (SSSR count). The molecule has 1 aromatic rings. The predicted octanol–water partition coefficient (Wildman–Crippen LogP) is 1.42. The Balaban J connectivity index is 2.10. The number of amides is 1. The Bertz CT molecular complexity index is 377. The number of nitrogens with zero attached hydrogens (tertiary/aromatic N) is 3. The van der Waals surface area contributed by atoms with E-state index in [1.165, 1.54) is 17.3 Å². The summed E-state index contributed by atoms with van der Waals surface area (Å²) in [5.74, 6) is 0.153. The molecular formula is C10H12FN3O2. The van der Waals surface area contributed by atoms with Crippen molar-refractivity contribution in [2.75, 3.05) is 13.1 Å². The molecule has 1 aliphatic rings. The first-order valence-corrected chi connectivity index (χ1v) is 5.06. The fourth-order valence-corrected chi connectivity index (χ4v) is 1.81. The Morgan fingerprint density at radius 3 is 2.44 bits per heavy atom. The molecule has 1 saturated heterocycles. The fraction of sp³-hybridized carbons (Fsp3) is 0.500. The highest BCUT2D eigenvalue weighted by atomic mass is 19.1. The average Bonchev–Trinajstić information content (AvgIpc) is 2.31. The van der Waals surface area contributed by atoms with Crippen molar-refractivity contribution in [2.24, 2.45) is 0 Å².